The lowest BCUT2D eigenvalue weighted by atomic mass is 10.1. The van der Waals surface area contributed by atoms with Crippen molar-refractivity contribution in [3.8, 4) is 22.7 Å². The SMILES string of the molecule is Cc1c(C(=O)NN2CCCCC2)nn(-c2ccc(Cl)cc2Cl)c1-c1ccc(OS(=O)(=O)CCC(C)C)cc1.Cl. The van der Waals surface area contributed by atoms with E-state index in [1.165, 1.54) is 0 Å². The third-order valence-corrected chi connectivity index (χ3v) is 8.11. The predicted octanol–water partition coefficient (Wildman–Crippen LogP) is 6.46. The summed E-state index contributed by atoms with van der Waals surface area (Å²) in [6, 6.07) is 11.7. The molecule has 0 aliphatic carbocycles. The molecule has 2 heterocycles. The van der Waals surface area contributed by atoms with E-state index in [4.69, 9.17) is 27.4 Å². The number of rotatable bonds is 9. The number of aromatic nitrogens is 2. The van der Waals surface area contributed by atoms with Gasteiger partial charge < -0.3 is 4.18 Å². The summed E-state index contributed by atoms with van der Waals surface area (Å²) in [5.74, 6) is 0.113. The number of hydrogen-bond donors (Lipinski definition) is 1. The summed E-state index contributed by atoms with van der Waals surface area (Å²) < 4.78 is 31.6. The molecule has 212 valence electrons. The number of nitrogens with zero attached hydrogens (tertiary/aromatic N) is 3. The molecule has 12 heteroatoms. The van der Waals surface area contributed by atoms with E-state index in [0.29, 0.717) is 39.0 Å². The van der Waals surface area contributed by atoms with Gasteiger partial charge in [-0.3, -0.25) is 10.2 Å². The normalized spacial score (nSPS) is 14.2. The molecule has 0 saturated carbocycles. The average Bonchev–Trinajstić information content (AvgIpc) is 3.20. The van der Waals surface area contributed by atoms with Crippen LogP contribution in [0.4, 0.5) is 0 Å². The molecule has 1 aliphatic heterocycles. The van der Waals surface area contributed by atoms with Crippen LogP contribution >= 0.6 is 35.6 Å². The van der Waals surface area contributed by atoms with Crippen molar-refractivity contribution in [2.45, 2.75) is 46.5 Å². The van der Waals surface area contributed by atoms with E-state index in [-0.39, 0.29) is 41.4 Å². The highest BCUT2D eigenvalue weighted by molar-refractivity contribution is 7.87. The van der Waals surface area contributed by atoms with E-state index >= 15 is 0 Å². The van der Waals surface area contributed by atoms with E-state index < -0.39 is 10.1 Å². The van der Waals surface area contributed by atoms with E-state index in [9.17, 15) is 13.2 Å². The zero-order valence-corrected chi connectivity index (χ0v) is 25.3. The molecule has 8 nitrogen and oxygen atoms in total. The average molecular weight is 616 g/mol. The standard InChI is InChI=1S/C27H32Cl2N4O4S.ClH/c1-18(2)13-16-38(35,36)37-22-10-7-20(8-11-22)26-19(3)25(27(34)31-32-14-5-4-6-15-32)30-33(26)24-12-9-21(28)17-23(24)29;/h7-12,17-18H,4-6,13-16H2,1-3H3,(H,31,34);1H. The second-order valence-electron chi connectivity index (χ2n) is 9.87. The molecule has 3 aromatic rings. The van der Waals surface area contributed by atoms with Gasteiger partial charge in [-0.15, -0.1) is 12.4 Å². The predicted molar refractivity (Wildman–Crippen MR) is 158 cm³/mol. The molecule has 0 radical (unpaired) electrons. The molecule has 0 unspecified atom stereocenters. The first-order valence-electron chi connectivity index (χ1n) is 12.7. The Balaban J connectivity index is 0.00000420. The summed E-state index contributed by atoms with van der Waals surface area (Å²) in [6.07, 6.45) is 3.72. The molecule has 1 saturated heterocycles. The molecule has 1 amide bonds. The Morgan fingerprint density at radius 2 is 1.74 bits per heavy atom. The molecular formula is C27H33Cl3N4O4S. The lowest BCUT2D eigenvalue weighted by molar-refractivity contribution is 0.0743. The summed E-state index contributed by atoms with van der Waals surface area (Å²) in [6.45, 7) is 7.34. The van der Waals surface area contributed by atoms with Gasteiger partial charge in [-0.2, -0.15) is 13.5 Å². The van der Waals surface area contributed by atoms with Gasteiger partial charge in [-0.25, -0.2) is 9.69 Å². The van der Waals surface area contributed by atoms with Crippen LogP contribution in [-0.2, 0) is 10.1 Å². The van der Waals surface area contributed by atoms with Gasteiger partial charge in [0.05, 0.1) is 22.2 Å². The van der Waals surface area contributed by atoms with Crippen LogP contribution in [0.1, 0.15) is 55.6 Å². The fraction of sp³-hybridized carbons (Fsp3) is 0.407. The molecule has 0 bridgehead atoms. The van der Waals surface area contributed by atoms with Crippen LogP contribution in [0.15, 0.2) is 42.5 Å². The van der Waals surface area contributed by atoms with Crippen molar-refractivity contribution in [3.05, 3.63) is 63.8 Å². The van der Waals surface area contributed by atoms with Gasteiger partial charge in [0, 0.05) is 29.2 Å². The van der Waals surface area contributed by atoms with Crippen molar-refractivity contribution in [1.29, 1.82) is 0 Å². The molecule has 0 spiro atoms. The molecule has 39 heavy (non-hydrogen) atoms. The smallest absolute Gasteiger partial charge is 0.309 e. The van der Waals surface area contributed by atoms with Gasteiger partial charge in [0.15, 0.2) is 5.69 Å². The van der Waals surface area contributed by atoms with Crippen molar-refractivity contribution in [3.63, 3.8) is 0 Å². The number of nitrogens with one attached hydrogen (secondary N) is 1. The molecule has 1 N–H and O–H groups in total. The Morgan fingerprint density at radius 3 is 2.36 bits per heavy atom. The Labute approximate surface area is 246 Å². The monoisotopic (exact) mass is 614 g/mol. The molecule has 1 aromatic heterocycles. The quantitative estimate of drug-likeness (QED) is 0.278. The summed E-state index contributed by atoms with van der Waals surface area (Å²) >= 11 is 12.6. The minimum atomic E-state index is -3.70. The summed E-state index contributed by atoms with van der Waals surface area (Å²) in [4.78, 5) is 13.3. The van der Waals surface area contributed by atoms with Crippen LogP contribution in [0.5, 0.6) is 5.75 Å². The maximum atomic E-state index is 13.3. The molecule has 4 rings (SSSR count). The summed E-state index contributed by atoms with van der Waals surface area (Å²) in [5, 5.41) is 7.43. The highest BCUT2D eigenvalue weighted by Crippen LogP contribution is 2.33. The second-order valence-corrected chi connectivity index (χ2v) is 12.4. The topological polar surface area (TPSA) is 93.5 Å². The van der Waals surface area contributed by atoms with Crippen LogP contribution in [0, 0.1) is 12.8 Å². The Kier molecular flexibility index (Phi) is 10.7. The van der Waals surface area contributed by atoms with Crippen LogP contribution in [0.25, 0.3) is 16.9 Å². The second kappa shape index (κ2) is 13.4. The fourth-order valence-corrected chi connectivity index (χ4v) is 6.05. The minimum Gasteiger partial charge on any atom is -0.382 e. The minimum absolute atomic E-state index is 0. The maximum Gasteiger partial charge on any atom is 0.309 e. The fourth-order valence-electron chi connectivity index (χ4n) is 4.32. The number of benzene rings is 2. The van der Waals surface area contributed by atoms with Crippen molar-refractivity contribution in [2.24, 2.45) is 5.92 Å². The van der Waals surface area contributed by atoms with E-state index in [1.807, 2.05) is 25.8 Å². The number of hydrogen-bond acceptors (Lipinski definition) is 6. The van der Waals surface area contributed by atoms with Gasteiger partial charge in [-0.05, 0) is 74.6 Å². The van der Waals surface area contributed by atoms with Gasteiger partial charge in [0.1, 0.15) is 5.75 Å². The zero-order chi connectivity index (χ0) is 27.4. The number of carbonyl (C=O) groups excluding carboxylic acids is 1. The number of halogens is 3. The third kappa shape index (κ3) is 7.89. The Hall–Kier alpha value is -2.30. The highest BCUT2D eigenvalue weighted by Gasteiger charge is 2.25. The van der Waals surface area contributed by atoms with Gasteiger partial charge in [-0.1, -0.05) is 43.5 Å². The maximum absolute atomic E-state index is 13.3. The molecular weight excluding hydrogens is 583 g/mol. The van der Waals surface area contributed by atoms with E-state index in [1.54, 1.807) is 47.1 Å². The van der Waals surface area contributed by atoms with Gasteiger partial charge >= 0.3 is 10.1 Å². The largest absolute Gasteiger partial charge is 0.382 e. The van der Waals surface area contributed by atoms with Gasteiger partial charge in [0.25, 0.3) is 5.91 Å². The third-order valence-electron chi connectivity index (χ3n) is 6.39. The Bertz CT molecular complexity index is 1400. The first-order valence-corrected chi connectivity index (χ1v) is 15.0. The lowest BCUT2D eigenvalue weighted by Gasteiger charge is -2.26. The van der Waals surface area contributed by atoms with Crippen LogP contribution in [-0.4, -0.2) is 48.0 Å². The van der Waals surface area contributed by atoms with E-state index in [2.05, 4.69) is 10.5 Å². The van der Waals surface area contributed by atoms with E-state index in [0.717, 1.165) is 32.4 Å². The van der Waals surface area contributed by atoms with Crippen molar-refractivity contribution < 1.29 is 17.4 Å². The molecule has 0 atom stereocenters. The molecule has 1 fully saturated rings. The first kappa shape index (κ1) is 31.2. The Morgan fingerprint density at radius 1 is 1.08 bits per heavy atom. The lowest BCUT2D eigenvalue weighted by Crippen LogP contribution is -2.45. The molecule has 2 aromatic carbocycles. The number of carbonyl (C=O) groups is 1. The summed E-state index contributed by atoms with van der Waals surface area (Å²) in [7, 11) is -3.70. The number of amides is 1. The number of piperidine rings is 1. The zero-order valence-electron chi connectivity index (χ0n) is 22.1. The van der Waals surface area contributed by atoms with Crippen LogP contribution < -0.4 is 9.61 Å². The first-order chi connectivity index (χ1) is 18.0. The van der Waals surface area contributed by atoms with Crippen molar-refractivity contribution >= 4 is 51.6 Å². The van der Waals surface area contributed by atoms with Crippen LogP contribution in [0.2, 0.25) is 10.0 Å². The van der Waals surface area contributed by atoms with Crippen LogP contribution in [0.3, 0.4) is 0 Å². The molecule has 1 aliphatic rings. The van der Waals surface area contributed by atoms with Gasteiger partial charge in [0.2, 0.25) is 0 Å². The number of hydrazine groups is 1. The van der Waals surface area contributed by atoms with Crippen molar-refractivity contribution in [2.75, 3.05) is 18.8 Å². The van der Waals surface area contributed by atoms with Crippen molar-refractivity contribution in [1.82, 2.24) is 20.2 Å². The summed E-state index contributed by atoms with van der Waals surface area (Å²) in [5.41, 5.74) is 5.82. The highest BCUT2D eigenvalue weighted by atomic mass is 35.5.